The van der Waals surface area contributed by atoms with Crippen molar-refractivity contribution in [3.05, 3.63) is 0 Å². The number of rotatable bonds is 2. The fourth-order valence-corrected chi connectivity index (χ4v) is 1.09. The molecule has 0 saturated heterocycles. The van der Waals surface area contributed by atoms with Crippen molar-refractivity contribution in [1.82, 2.24) is 0 Å². The van der Waals surface area contributed by atoms with Gasteiger partial charge in [0.2, 0.25) is 0 Å². The zero-order valence-corrected chi connectivity index (χ0v) is 8.49. The van der Waals surface area contributed by atoms with Gasteiger partial charge in [-0.15, -0.1) is 0 Å². The summed E-state index contributed by atoms with van der Waals surface area (Å²) in [5.74, 6) is -1.02. The van der Waals surface area contributed by atoms with Gasteiger partial charge in [-0.2, -0.15) is 0 Å². The number of cyclic esters (lactones) is 1. The van der Waals surface area contributed by atoms with Crippen molar-refractivity contribution in [2.24, 2.45) is 4.99 Å². The Labute approximate surface area is 82.1 Å². The predicted molar refractivity (Wildman–Crippen MR) is 49.1 cm³/mol. The van der Waals surface area contributed by atoms with Gasteiger partial charge in [0.05, 0.1) is 19.1 Å². The number of hydrogen-bond acceptors (Lipinski definition) is 5. The van der Waals surface area contributed by atoms with Crippen LogP contribution < -0.4 is 0 Å². The van der Waals surface area contributed by atoms with E-state index in [1.54, 1.807) is 0 Å². The third-order valence-electron chi connectivity index (χ3n) is 1.77. The van der Waals surface area contributed by atoms with Gasteiger partial charge in [0.15, 0.2) is 0 Å². The summed E-state index contributed by atoms with van der Waals surface area (Å²) >= 11 is 0. The summed E-state index contributed by atoms with van der Waals surface area (Å²) in [7, 11) is 1.27. The number of nitrogens with zero attached hydrogens (tertiary/aromatic N) is 1. The molecular formula is C9H13NO4. The monoisotopic (exact) mass is 199 g/mol. The van der Waals surface area contributed by atoms with Gasteiger partial charge in [-0.05, 0) is 13.8 Å². The normalized spacial score (nSPS) is 19.6. The largest absolute Gasteiger partial charge is 0.469 e. The van der Waals surface area contributed by atoms with Crippen LogP contribution in [0.2, 0.25) is 0 Å². The Balaban J connectivity index is 2.78. The number of methoxy groups -OCH3 is 1. The number of carbonyl (C=O) groups excluding carboxylic acids is 2. The first-order valence-electron chi connectivity index (χ1n) is 4.27. The number of ether oxygens (including phenoxy) is 2. The predicted octanol–water partition coefficient (Wildman–Crippen LogP) is 0.326. The molecule has 1 rings (SSSR count). The molecular weight excluding hydrogens is 186 g/mol. The molecule has 0 atom stereocenters. The van der Waals surface area contributed by atoms with E-state index in [2.05, 4.69) is 9.73 Å². The highest BCUT2D eigenvalue weighted by Crippen LogP contribution is 2.16. The third kappa shape index (κ3) is 2.55. The Morgan fingerprint density at radius 2 is 2.29 bits per heavy atom. The van der Waals surface area contributed by atoms with Crippen LogP contribution in [0.25, 0.3) is 0 Å². The second-order valence-corrected chi connectivity index (χ2v) is 3.70. The van der Waals surface area contributed by atoms with Gasteiger partial charge < -0.3 is 9.47 Å². The maximum Gasteiger partial charge on any atom is 0.352 e. The molecule has 0 aromatic carbocycles. The van der Waals surface area contributed by atoms with Crippen LogP contribution in [0.15, 0.2) is 4.99 Å². The lowest BCUT2D eigenvalue weighted by Gasteiger charge is -2.25. The van der Waals surface area contributed by atoms with E-state index in [1.165, 1.54) is 7.11 Å². The quantitative estimate of drug-likeness (QED) is 0.601. The van der Waals surface area contributed by atoms with Gasteiger partial charge in [-0.1, -0.05) is 0 Å². The standard InChI is InChI=1S/C9H13NO4/c1-9(2)5-14-8(12)6(10-9)4-7(11)13-3/h4-5H2,1-3H3. The van der Waals surface area contributed by atoms with E-state index >= 15 is 0 Å². The summed E-state index contributed by atoms with van der Waals surface area (Å²) < 4.78 is 9.32. The lowest BCUT2D eigenvalue weighted by Crippen LogP contribution is -2.37. The van der Waals surface area contributed by atoms with Crippen molar-refractivity contribution in [2.45, 2.75) is 25.8 Å². The zero-order valence-electron chi connectivity index (χ0n) is 8.49. The molecule has 0 aromatic heterocycles. The number of hydrogen-bond donors (Lipinski definition) is 0. The summed E-state index contributed by atoms with van der Waals surface area (Å²) in [6, 6.07) is 0. The third-order valence-corrected chi connectivity index (χ3v) is 1.77. The Bertz CT molecular complexity index is 293. The molecule has 0 fully saturated rings. The summed E-state index contributed by atoms with van der Waals surface area (Å²) in [6.07, 6.45) is -0.126. The Morgan fingerprint density at radius 1 is 1.64 bits per heavy atom. The Morgan fingerprint density at radius 3 is 2.86 bits per heavy atom. The van der Waals surface area contributed by atoms with Crippen LogP contribution in [-0.4, -0.2) is 36.9 Å². The van der Waals surface area contributed by atoms with Crippen molar-refractivity contribution in [1.29, 1.82) is 0 Å². The molecule has 14 heavy (non-hydrogen) atoms. The second kappa shape index (κ2) is 3.77. The second-order valence-electron chi connectivity index (χ2n) is 3.70. The van der Waals surface area contributed by atoms with Gasteiger partial charge in [0.1, 0.15) is 12.3 Å². The Hall–Kier alpha value is -1.39. The first-order valence-corrected chi connectivity index (χ1v) is 4.27. The maximum atomic E-state index is 11.2. The molecule has 5 heteroatoms. The first-order chi connectivity index (χ1) is 6.44. The van der Waals surface area contributed by atoms with Crippen molar-refractivity contribution < 1.29 is 19.1 Å². The van der Waals surface area contributed by atoms with Gasteiger partial charge in [-0.25, -0.2) is 4.79 Å². The molecule has 0 aliphatic carbocycles. The fraction of sp³-hybridized carbons (Fsp3) is 0.667. The van der Waals surface area contributed by atoms with E-state index in [9.17, 15) is 9.59 Å². The molecule has 0 bridgehead atoms. The fourth-order valence-electron chi connectivity index (χ4n) is 1.09. The molecule has 0 N–H and O–H groups in total. The van der Waals surface area contributed by atoms with Crippen LogP contribution in [0.3, 0.4) is 0 Å². The maximum absolute atomic E-state index is 11.2. The highest BCUT2D eigenvalue weighted by Gasteiger charge is 2.30. The summed E-state index contributed by atoms with van der Waals surface area (Å²) in [6.45, 7) is 3.91. The van der Waals surface area contributed by atoms with Crippen molar-refractivity contribution in [2.75, 3.05) is 13.7 Å². The average Bonchev–Trinajstić information content (AvgIpc) is 2.11. The number of aliphatic imine (C=N–C) groups is 1. The summed E-state index contributed by atoms with van der Waals surface area (Å²) in [5, 5.41) is 0. The van der Waals surface area contributed by atoms with E-state index in [-0.39, 0.29) is 18.7 Å². The molecule has 1 aliphatic rings. The van der Waals surface area contributed by atoms with Gasteiger partial charge in [0, 0.05) is 0 Å². The van der Waals surface area contributed by atoms with Crippen LogP contribution in [0.4, 0.5) is 0 Å². The van der Waals surface area contributed by atoms with Crippen LogP contribution in [-0.2, 0) is 19.1 Å². The highest BCUT2D eigenvalue weighted by atomic mass is 16.5. The van der Waals surface area contributed by atoms with E-state index in [1.807, 2.05) is 13.8 Å². The zero-order chi connectivity index (χ0) is 10.8. The smallest absolute Gasteiger partial charge is 0.352 e. The minimum Gasteiger partial charge on any atom is -0.469 e. The van der Waals surface area contributed by atoms with E-state index < -0.39 is 17.5 Å². The van der Waals surface area contributed by atoms with Crippen molar-refractivity contribution in [3.8, 4) is 0 Å². The molecule has 0 amide bonds. The SMILES string of the molecule is COC(=O)CC1=NC(C)(C)COC1=O. The molecule has 0 spiro atoms. The topological polar surface area (TPSA) is 65.0 Å². The Kier molecular flexibility index (Phi) is 2.88. The van der Waals surface area contributed by atoms with Crippen molar-refractivity contribution >= 4 is 17.7 Å². The first kappa shape index (κ1) is 10.7. The lowest BCUT2D eigenvalue weighted by atomic mass is 10.1. The molecule has 0 unspecified atom stereocenters. The van der Waals surface area contributed by atoms with Crippen LogP contribution in [0, 0.1) is 0 Å². The molecule has 1 aliphatic heterocycles. The number of carbonyl (C=O) groups is 2. The number of esters is 2. The van der Waals surface area contributed by atoms with Gasteiger partial charge in [-0.3, -0.25) is 9.79 Å². The molecule has 1 heterocycles. The minimum absolute atomic E-state index is 0.126. The molecule has 0 saturated carbocycles. The van der Waals surface area contributed by atoms with Crippen molar-refractivity contribution in [3.63, 3.8) is 0 Å². The summed E-state index contributed by atoms with van der Waals surface area (Å²) in [4.78, 5) is 26.2. The van der Waals surface area contributed by atoms with Crippen LogP contribution in [0.1, 0.15) is 20.3 Å². The van der Waals surface area contributed by atoms with E-state index in [0.717, 1.165) is 0 Å². The molecule has 0 aromatic rings. The van der Waals surface area contributed by atoms with E-state index in [0.29, 0.717) is 0 Å². The van der Waals surface area contributed by atoms with E-state index in [4.69, 9.17) is 4.74 Å². The van der Waals surface area contributed by atoms with Gasteiger partial charge in [0.25, 0.3) is 0 Å². The van der Waals surface area contributed by atoms with Crippen LogP contribution in [0.5, 0.6) is 0 Å². The van der Waals surface area contributed by atoms with Gasteiger partial charge >= 0.3 is 11.9 Å². The molecule has 0 radical (unpaired) electrons. The van der Waals surface area contributed by atoms with Crippen LogP contribution >= 0.6 is 0 Å². The molecule has 5 nitrogen and oxygen atoms in total. The highest BCUT2D eigenvalue weighted by molar-refractivity contribution is 6.39. The molecule has 78 valence electrons. The summed E-state index contributed by atoms with van der Waals surface area (Å²) in [5.41, 5.74) is -0.315. The minimum atomic E-state index is -0.533. The average molecular weight is 199 g/mol. The lowest BCUT2D eigenvalue weighted by molar-refractivity contribution is -0.142.